The van der Waals surface area contributed by atoms with Gasteiger partial charge < -0.3 is 9.64 Å². The minimum atomic E-state index is -0.463. The van der Waals surface area contributed by atoms with Crippen molar-refractivity contribution in [2.24, 2.45) is 0 Å². The van der Waals surface area contributed by atoms with Gasteiger partial charge in [0.25, 0.3) is 5.69 Å². The first-order valence-electron chi connectivity index (χ1n) is 7.72. The molecular formula is C19H20N2O4. The lowest BCUT2D eigenvalue weighted by Crippen LogP contribution is -2.24. The molecule has 0 bridgehead atoms. The van der Waals surface area contributed by atoms with Crippen molar-refractivity contribution in [1.29, 1.82) is 0 Å². The summed E-state index contributed by atoms with van der Waals surface area (Å²) in [6.07, 6.45) is 2.97. The Morgan fingerprint density at radius 1 is 1.28 bits per heavy atom. The molecule has 0 atom stereocenters. The molecule has 2 aromatic carbocycles. The molecule has 0 saturated carbocycles. The maximum Gasteiger partial charge on any atom is 0.270 e. The van der Waals surface area contributed by atoms with Crippen molar-refractivity contribution in [2.45, 2.75) is 13.5 Å². The van der Waals surface area contributed by atoms with Crippen LogP contribution in [-0.2, 0) is 11.3 Å². The highest BCUT2D eigenvalue weighted by molar-refractivity contribution is 5.91. The summed E-state index contributed by atoms with van der Waals surface area (Å²) in [6.45, 7) is 2.38. The minimum absolute atomic E-state index is 0.00699. The fourth-order valence-electron chi connectivity index (χ4n) is 2.40. The number of ether oxygens (including phenoxy) is 1. The average molecular weight is 340 g/mol. The maximum absolute atomic E-state index is 12.3. The van der Waals surface area contributed by atoms with Gasteiger partial charge in [-0.3, -0.25) is 14.9 Å². The van der Waals surface area contributed by atoms with Gasteiger partial charge in [0.2, 0.25) is 5.91 Å². The van der Waals surface area contributed by atoms with E-state index in [0.29, 0.717) is 12.1 Å². The number of amides is 1. The van der Waals surface area contributed by atoms with Crippen LogP contribution in [0.1, 0.15) is 16.7 Å². The van der Waals surface area contributed by atoms with Gasteiger partial charge in [0, 0.05) is 37.4 Å². The van der Waals surface area contributed by atoms with Gasteiger partial charge in [-0.1, -0.05) is 29.8 Å². The number of carbonyl (C=O) groups excluding carboxylic acids is 1. The normalized spacial score (nSPS) is 10.7. The van der Waals surface area contributed by atoms with Crippen LogP contribution < -0.4 is 4.74 Å². The molecule has 0 aliphatic heterocycles. The first-order valence-corrected chi connectivity index (χ1v) is 7.72. The average Bonchev–Trinajstić information content (AvgIpc) is 2.60. The molecular weight excluding hydrogens is 320 g/mol. The van der Waals surface area contributed by atoms with Gasteiger partial charge in [0.1, 0.15) is 5.75 Å². The molecule has 6 nitrogen and oxygen atoms in total. The van der Waals surface area contributed by atoms with Crippen LogP contribution in [0.5, 0.6) is 5.75 Å². The van der Waals surface area contributed by atoms with Crippen molar-refractivity contribution in [1.82, 2.24) is 4.90 Å². The largest absolute Gasteiger partial charge is 0.496 e. The lowest BCUT2D eigenvalue weighted by atomic mass is 10.1. The van der Waals surface area contributed by atoms with Crippen LogP contribution in [0, 0.1) is 17.0 Å². The summed E-state index contributed by atoms with van der Waals surface area (Å²) in [4.78, 5) is 24.2. The number of nitro benzene ring substituents is 1. The molecule has 2 aromatic rings. The van der Waals surface area contributed by atoms with E-state index in [1.807, 2.05) is 25.1 Å². The van der Waals surface area contributed by atoms with Crippen molar-refractivity contribution >= 4 is 17.7 Å². The number of nitrogens with zero attached hydrogens (tertiary/aromatic N) is 2. The maximum atomic E-state index is 12.3. The van der Waals surface area contributed by atoms with Crippen molar-refractivity contribution in [2.75, 3.05) is 14.2 Å². The summed E-state index contributed by atoms with van der Waals surface area (Å²) in [5.74, 6) is 0.531. The highest BCUT2D eigenvalue weighted by Gasteiger charge is 2.10. The number of rotatable bonds is 6. The molecule has 130 valence electrons. The molecule has 0 heterocycles. The Morgan fingerprint density at radius 2 is 2.04 bits per heavy atom. The lowest BCUT2D eigenvalue weighted by molar-refractivity contribution is -0.384. The molecule has 0 N–H and O–H groups in total. The van der Waals surface area contributed by atoms with E-state index in [4.69, 9.17) is 4.74 Å². The SMILES string of the molecule is COc1ccc(C)cc1CN(C)C(=O)/C=C/c1cccc([N+](=O)[O-])c1. The first-order chi connectivity index (χ1) is 11.9. The molecule has 0 radical (unpaired) electrons. The molecule has 0 saturated heterocycles. The fraction of sp³-hybridized carbons (Fsp3) is 0.211. The third kappa shape index (κ3) is 4.91. The number of aryl methyl sites for hydroxylation is 1. The zero-order valence-corrected chi connectivity index (χ0v) is 14.4. The van der Waals surface area contributed by atoms with E-state index >= 15 is 0 Å². The second kappa shape index (κ2) is 8.10. The third-order valence-corrected chi connectivity index (χ3v) is 3.72. The Hall–Kier alpha value is -3.15. The summed E-state index contributed by atoms with van der Waals surface area (Å²) in [6, 6.07) is 11.9. The monoisotopic (exact) mass is 340 g/mol. The molecule has 6 heteroatoms. The Bertz CT molecular complexity index is 815. The molecule has 0 aliphatic carbocycles. The van der Waals surface area contributed by atoms with E-state index in [1.54, 1.807) is 37.3 Å². The summed E-state index contributed by atoms with van der Waals surface area (Å²) in [5, 5.41) is 10.8. The Morgan fingerprint density at radius 3 is 2.72 bits per heavy atom. The zero-order chi connectivity index (χ0) is 18.4. The first kappa shape index (κ1) is 18.2. The number of hydrogen-bond acceptors (Lipinski definition) is 4. The van der Waals surface area contributed by atoms with Crippen molar-refractivity contribution in [3.8, 4) is 5.75 Å². The van der Waals surface area contributed by atoms with Crippen LogP contribution in [0.4, 0.5) is 5.69 Å². The van der Waals surface area contributed by atoms with E-state index in [2.05, 4.69) is 0 Å². The van der Waals surface area contributed by atoms with Gasteiger partial charge in [0.05, 0.1) is 12.0 Å². The quantitative estimate of drug-likeness (QED) is 0.458. The fourth-order valence-corrected chi connectivity index (χ4v) is 2.40. The lowest BCUT2D eigenvalue weighted by Gasteiger charge is -2.17. The van der Waals surface area contributed by atoms with Gasteiger partial charge in [-0.15, -0.1) is 0 Å². The van der Waals surface area contributed by atoms with E-state index in [-0.39, 0.29) is 11.6 Å². The Balaban J connectivity index is 2.09. The smallest absolute Gasteiger partial charge is 0.270 e. The predicted octanol–water partition coefficient (Wildman–Crippen LogP) is 3.58. The van der Waals surface area contributed by atoms with Crippen LogP contribution >= 0.6 is 0 Å². The van der Waals surface area contributed by atoms with Crippen molar-refractivity contribution in [3.63, 3.8) is 0 Å². The number of carbonyl (C=O) groups is 1. The molecule has 25 heavy (non-hydrogen) atoms. The summed E-state index contributed by atoms with van der Waals surface area (Å²) < 4.78 is 5.33. The van der Waals surface area contributed by atoms with E-state index in [9.17, 15) is 14.9 Å². The van der Waals surface area contributed by atoms with Crippen LogP contribution in [0.2, 0.25) is 0 Å². The van der Waals surface area contributed by atoms with E-state index in [0.717, 1.165) is 16.9 Å². The highest BCUT2D eigenvalue weighted by Crippen LogP contribution is 2.21. The number of benzene rings is 2. The second-order valence-electron chi connectivity index (χ2n) is 5.70. The van der Waals surface area contributed by atoms with Gasteiger partial charge >= 0.3 is 0 Å². The molecule has 0 spiro atoms. The topological polar surface area (TPSA) is 72.7 Å². The van der Waals surface area contributed by atoms with Crippen molar-refractivity contribution < 1.29 is 14.5 Å². The van der Waals surface area contributed by atoms with Gasteiger partial charge in [-0.25, -0.2) is 0 Å². The van der Waals surface area contributed by atoms with Crippen LogP contribution in [0.3, 0.4) is 0 Å². The number of methoxy groups -OCH3 is 1. The van der Waals surface area contributed by atoms with Crippen LogP contribution in [0.15, 0.2) is 48.5 Å². The molecule has 2 rings (SSSR count). The molecule has 1 amide bonds. The van der Waals surface area contributed by atoms with Gasteiger partial charge in [-0.05, 0) is 24.6 Å². The number of likely N-dealkylation sites (N-methyl/N-ethyl adjacent to an activating group) is 1. The Labute approximate surface area is 146 Å². The number of non-ortho nitro benzene ring substituents is 1. The highest BCUT2D eigenvalue weighted by atomic mass is 16.6. The van der Waals surface area contributed by atoms with Gasteiger partial charge in [-0.2, -0.15) is 0 Å². The zero-order valence-electron chi connectivity index (χ0n) is 14.4. The number of nitro groups is 1. The predicted molar refractivity (Wildman–Crippen MR) is 96.3 cm³/mol. The van der Waals surface area contributed by atoms with E-state index in [1.165, 1.54) is 18.2 Å². The van der Waals surface area contributed by atoms with Crippen LogP contribution in [0.25, 0.3) is 6.08 Å². The van der Waals surface area contributed by atoms with E-state index < -0.39 is 4.92 Å². The molecule has 0 unspecified atom stereocenters. The summed E-state index contributed by atoms with van der Waals surface area (Å²) >= 11 is 0. The van der Waals surface area contributed by atoms with Gasteiger partial charge in [0.15, 0.2) is 0 Å². The van der Waals surface area contributed by atoms with Crippen molar-refractivity contribution in [3.05, 3.63) is 75.3 Å². The molecule has 0 aromatic heterocycles. The summed E-state index contributed by atoms with van der Waals surface area (Å²) in [7, 11) is 3.29. The Kier molecular flexibility index (Phi) is 5.89. The second-order valence-corrected chi connectivity index (χ2v) is 5.70. The number of hydrogen-bond donors (Lipinski definition) is 0. The summed E-state index contributed by atoms with van der Waals surface area (Å²) in [5.41, 5.74) is 2.60. The standard InChI is InChI=1S/C19H20N2O4/c1-14-7-9-18(25-3)16(11-14)13-20(2)19(22)10-8-15-5-4-6-17(12-15)21(23)24/h4-12H,13H2,1-3H3/b10-8+. The van der Waals surface area contributed by atoms with Crippen LogP contribution in [-0.4, -0.2) is 29.9 Å². The molecule has 0 fully saturated rings. The third-order valence-electron chi connectivity index (χ3n) is 3.72. The molecule has 0 aliphatic rings. The minimum Gasteiger partial charge on any atom is -0.496 e.